The molecule has 3 heterocycles. The third-order valence-corrected chi connectivity index (χ3v) is 3.02. The van der Waals surface area contributed by atoms with E-state index in [9.17, 15) is 0 Å². The number of rotatable bonds is 2. The summed E-state index contributed by atoms with van der Waals surface area (Å²) in [6, 6.07) is 2.12. The van der Waals surface area contributed by atoms with E-state index in [0.29, 0.717) is 0 Å². The van der Waals surface area contributed by atoms with Crippen molar-refractivity contribution in [3.63, 3.8) is 0 Å². The fraction of sp³-hybridized carbons (Fsp3) is 0.636. The summed E-state index contributed by atoms with van der Waals surface area (Å²) in [5.74, 6) is 3.04. The fourth-order valence-corrected chi connectivity index (χ4v) is 2.03. The summed E-state index contributed by atoms with van der Waals surface area (Å²) in [6.07, 6.45) is 0. The van der Waals surface area contributed by atoms with Crippen LogP contribution in [0.2, 0.25) is 0 Å². The Hall–Kier alpha value is -1.36. The topological polar surface area (TPSA) is 44.1 Å². The Morgan fingerprint density at radius 2 is 1.56 bits per heavy atom. The van der Waals surface area contributed by atoms with Crippen molar-refractivity contribution in [2.45, 2.75) is 6.92 Å². The Morgan fingerprint density at radius 1 is 1.00 bits per heavy atom. The quantitative estimate of drug-likeness (QED) is 0.710. The lowest BCUT2D eigenvalue weighted by molar-refractivity contribution is 0.584. The molecule has 0 bridgehead atoms. The van der Waals surface area contributed by atoms with Crippen molar-refractivity contribution in [3.05, 3.63) is 11.9 Å². The van der Waals surface area contributed by atoms with Crippen molar-refractivity contribution in [2.75, 3.05) is 49.1 Å². The van der Waals surface area contributed by atoms with E-state index in [1.54, 1.807) is 0 Å². The largest absolute Gasteiger partial charge is 0.354 e. The van der Waals surface area contributed by atoms with E-state index in [2.05, 4.69) is 31.2 Å². The lowest BCUT2D eigenvalue weighted by atomic mass is 10.3. The van der Waals surface area contributed by atoms with Crippen LogP contribution in [0.25, 0.3) is 0 Å². The van der Waals surface area contributed by atoms with E-state index in [1.807, 2.05) is 6.92 Å². The van der Waals surface area contributed by atoms with Gasteiger partial charge in [0.1, 0.15) is 17.5 Å². The first kappa shape index (κ1) is 9.84. The van der Waals surface area contributed by atoms with Crippen LogP contribution in [-0.2, 0) is 0 Å². The third-order valence-electron chi connectivity index (χ3n) is 3.02. The van der Waals surface area contributed by atoms with Crippen molar-refractivity contribution in [1.82, 2.24) is 15.3 Å². The Kier molecular flexibility index (Phi) is 2.40. The molecule has 0 unspecified atom stereocenters. The maximum atomic E-state index is 4.53. The molecular weight excluding hydrogens is 202 g/mol. The Balaban J connectivity index is 1.86. The summed E-state index contributed by atoms with van der Waals surface area (Å²) in [4.78, 5) is 13.6. The molecule has 1 N–H and O–H groups in total. The smallest absolute Gasteiger partial charge is 0.134 e. The molecule has 16 heavy (non-hydrogen) atoms. The van der Waals surface area contributed by atoms with Gasteiger partial charge < -0.3 is 15.1 Å². The van der Waals surface area contributed by atoms with Crippen molar-refractivity contribution >= 4 is 11.6 Å². The predicted molar refractivity (Wildman–Crippen MR) is 64.1 cm³/mol. The highest BCUT2D eigenvalue weighted by Gasteiger charge is 2.22. The molecule has 2 saturated heterocycles. The molecule has 2 aliphatic heterocycles. The van der Waals surface area contributed by atoms with E-state index in [-0.39, 0.29) is 0 Å². The molecule has 1 aromatic rings. The second-order valence-electron chi connectivity index (χ2n) is 4.36. The highest BCUT2D eigenvalue weighted by Crippen LogP contribution is 2.23. The van der Waals surface area contributed by atoms with E-state index in [0.717, 1.165) is 56.7 Å². The van der Waals surface area contributed by atoms with Crippen LogP contribution in [0.5, 0.6) is 0 Å². The van der Waals surface area contributed by atoms with E-state index >= 15 is 0 Å². The minimum Gasteiger partial charge on any atom is -0.354 e. The van der Waals surface area contributed by atoms with Gasteiger partial charge in [0.15, 0.2) is 0 Å². The minimum absolute atomic E-state index is 0.873. The summed E-state index contributed by atoms with van der Waals surface area (Å²) < 4.78 is 0. The average molecular weight is 219 g/mol. The van der Waals surface area contributed by atoms with Gasteiger partial charge in [0.05, 0.1) is 0 Å². The van der Waals surface area contributed by atoms with E-state index in [4.69, 9.17) is 0 Å². The van der Waals surface area contributed by atoms with Crippen LogP contribution in [0, 0.1) is 6.92 Å². The number of aryl methyl sites for hydroxylation is 1. The van der Waals surface area contributed by atoms with Gasteiger partial charge in [-0.3, -0.25) is 0 Å². The molecule has 1 aromatic heterocycles. The van der Waals surface area contributed by atoms with Gasteiger partial charge in [0.2, 0.25) is 0 Å². The molecule has 0 radical (unpaired) electrons. The fourth-order valence-electron chi connectivity index (χ4n) is 2.03. The lowest BCUT2D eigenvalue weighted by Gasteiger charge is -2.28. The number of nitrogens with one attached hydrogen (secondary N) is 1. The standard InChI is InChI=1S/C11H17N5/c1-9-13-10(15-4-2-12-3-5-15)8-11(14-9)16-6-7-16/h8,12H,2-7H2,1H3. The van der Waals surface area contributed by atoms with Gasteiger partial charge in [-0.1, -0.05) is 0 Å². The molecule has 5 heteroatoms. The first-order valence-corrected chi connectivity index (χ1v) is 5.89. The maximum absolute atomic E-state index is 4.53. The summed E-state index contributed by atoms with van der Waals surface area (Å²) in [5.41, 5.74) is 0. The van der Waals surface area contributed by atoms with Crippen LogP contribution >= 0.6 is 0 Å². The van der Waals surface area contributed by atoms with Gasteiger partial charge in [0, 0.05) is 45.3 Å². The average Bonchev–Trinajstić information content (AvgIpc) is 3.13. The monoisotopic (exact) mass is 219 g/mol. The molecule has 0 spiro atoms. The Labute approximate surface area is 95.5 Å². The molecule has 0 saturated carbocycles. The SMILES string of the molecule is Cc1nc(N2CCNCC2)cc(N2CC2)n1. The Morgan fingerprint density at radius 3 is 2.12 bits per heavy atom. The number of nitrogens with zero attached hydrogens (tertiary/aromatic N) is 4. The van der Waals surface area contributed by atoms with Crippen molar-refractivity contribution in [1.29, 1.82) is 0 Å². The summed E-state index contributed by atoms with van der Waals surface area (Å²) in [6.45, 7) is 8.41. The maximum Gasteiger partial charge on any atom is 0.134 e. The molecule has 0 atom stereocenters. The van der Waals surface area contributed by atoms with Crippen LogP contribution in [0.4, 0.5) is 11.6 Å². The second kappa shape index (κ2) is 3.90. The first-order valence-electron chi connectivity index (χ1n) is 5.89. The third kappa shape index (κ3) is 1.95. The molecule has 0 aliphatic carbocycles. The molecule has 86 valence electrons. The van der Waals surface area contributed by atoms with Gasteiger partial charge in [-0.25, -0.2) is 9.97 Å². The number of piperazine rings is 1. The molecule has 5 nitrogen and oxygen atoms in total. The van der Waals surface area contributed by atoms with Crippen LogP contribution in [0.15, 0.2) is 6.07 Å². The van der Waals surface area contributed by atoms with Crippen LogP contribution < -0.4 is 15.1 Å². The highest BCUT2D eigenvalue weighted by atomic mass is 15.3. The number of hydrogen-bond donors (Lipinski definition) is 1. The zero-order valence-electron chi connectivity index (χ0n) is 9.61. The van der Waals surface area contributed by atoms with Gasteiger partial charge in [-0.05, 0) is 6.92 Å². The molecule has 0 amide bonds. The zero-order chi connectivity index (χ0) is 11.0. The number of anilines is 2. The summed E-state index contributed by atoms with van der Waals surface area (Å²) >= 11 is 0. The molecular formula is C11H17N5. The van der Waals surface area contributed by atoms with Crippen molar-refractivity contribution in [3.8, 4) is 0 Å². The molecule has 2 fully saturated rings. The second-order valence-corrected chi connectivity index (χ2v) is 4.36. The van der Waals surface area contributed by atoms with Crippen LogP contribution in [-0.4, -0.2) is 49.2 Å². The Bertz CT molecular complexity index is 382. The highest BCUT2D eigenvalue weighted by molar-refractivity contribution is 5.54. The molecule has 3 rings (SSSR count). The summed E-state index contributed by atoms with van der Waals surface area (Å²) in [5, 5.41) is 3.35. The predicted octanol–water partition coefficient (Wildman–Crippen LogP) is 0.0146. The number of hydrogen-bond acceptors (Lipinski definition) is 5. The normalized spacial score (nSPS) is 20.1. The molecule has 0 aromatic carbocycles. The zero-order valence-corrected chi connectivity index (χ0v) is 9.61. The van der Waals surface area contributed by atoms with Crippen molar-refractivity contribution < 1.29 is 0 Å². The van der Waals surface area contributed by atoms with E-state index in [1.165, 1.54) is 0 Å². The molecule has 2 aliphatic rings. The first-order chi connectivity index (χ1) is 7.83. The van der Waals surface area contributed by atoms with E-state index < -0.39 is 0 Å². The van der Waals surface area contributed by atoms with Gasteiger partial charge in [-0.15, -0.1) is 0 Å². The lowest BCUT2D eigenvalue weighted by Crippen LogP contribution is -2.44. The van der Waals surface area contributed by atoms with Gasteiger partial charge in [0.25, 0.3) is 0 Å². The summed E-state index contributed by atoms with van der Waals surface area (Å²) in [7, 11) is 0. The van der Waals surface area contributed by atoms with Crippen molar-refractivity contribution in [2.24, 2.45) is 0 Å². The number of aromatic nitrogens is 2. The minimum atomic E-state index is 0.873. The van der Waals surface area contributed by atoms with Crippen LogP contribution in [0.3, 0.4) is 0 Å². The van der Waals surface area contributed by atoms with Crippen LogP contribution in [0.1, 0.15) is 5.82 Å². The van der Waals surface area contributed by atoms with Gasteiger partial charge >= 0.3 is 0 Å². The van der Waals surface area contributed by atoms with Gasteiger partial charge in [-0.2, -0.15) is 0 Å².